The lowest BCUT2D eigenvalue weighted by atomic mass is 9.33. The smallest absolute Gasteiger partial charge is 0.315 e. The molecule has 2 saturated heterocycles. The lowest BCUT2D eigenvalue weighted by Gasteiger charge is -2.71. The maximum atomic E-state index is 14.6. The molecule has 0 aromatic carbocycles. The number of ether oxygens (including phenoxy) is 4. The van der Waals surface area contributed by atoms with Crippen molar-refractivity contribution in [3.8, 4) is 0 Å². The largest absolute Gasteiger partial charge is 0.432 e. The first kappa shape index (κ1) is 40.9. The number of esters is 1. The van der Waals surface area contributed by atoms with E-state index in [9.17, 15) is 45.6 Å². The molecule has 2 heterocycles. The fourth-order valence-electron chi connectivity index (χ4n) is 13.3. The van der Waals surface area contributed by atoms with E-state index >= 15 is 0 Å². The van der Waals surface area contributed by atoms with Crippen molar-refractivity contribution >= 4 is 5.97 Å². The second-order valence-electron chi connectivity index (χ2n) is 20.0. The normalized spacial score (nSPS) is 54.3. The first-order valence-corrected chi connectivity index (χ1v) is 20.4. The molecule has 2 aliphatic heterocycles. The Labute approximate surface area is 319 Å². The molecule has 6 fully saturated rings. The molecule has 7 aliphatic rings. The SMILES string of the molecule is CC1(C)C(O[C@@H]2OC[C@H](O)[C@H](O)[C@H]2O)CC[C@@]2(C)C1CC[C@]1(C)C2CC=C2[C@@H]3C[C@](C)(CO)CC[C@]3(C(=O)O[C@@H]3O[C@H](CO)[C@@H](O)[C@H](O)[C@H]3O)CC[C@]21C. The number of aliphatic hydroxyl groups excluding tert-OH is 8. The highest BCUT2D eigenvalue weighted by molar-refractivity contribution is 5.79. The highest BCUT2D eigenvalue weighted by atomic mass is 16.7. The van der Waals surface area contributed by atoms with Crippen LogP contribution in [0, 0.1) is 50.2 Å². The minimum Gasteiger partial charge on any atom is -0.432 e. The molecular formula is C41H66O13. The number of hydrogen-bond acceptors (Lipinski definition) is 13. The summed E-state index contributed by atoms with van der Waals surface area (Å²) in [4.78, 5) is 14.6. The summed E-state index contributed by atoms with van der Waals surface area (Å²) in [6, 6.07) is 0. The minimum absolute atomic E-state index is 0.00817. The van der Waals surface area contributed by atoms with Gasteiger partial charge in [-0.15, -0.1) is 0 Å². The number of fused-ring (bicyclic) bond motifs is 7. The predicted molar refractivity (Wildman–Crippen MR) is 193 cm³/mol. The van der Waals surface area contributed by atoms with Gasteiger partial charge in [0.05, 0.1) is 24.7 Å². The molecule has 8 N–H and O–H groups in total. The zero-order valence-electron chi connectivity index (χ0n) is 32.9. The van der Waals surface area contributed by atoms with E-state index in [2.05, 4.69) is 47.6 Å². The summed E-state index contributed by atoms with van der Waals surface area (Å²) in [6.07, 6.45) is -2.82. The Morgan fingerprint density at radius 2 is 1.48 bits per heavy atom. The number of carbonyl (C=O) groups excluding carboxylic acids is 1. The average molecular weight is 767 g/mol. The van der Waals surface area contributed by atoms with Crippen molar-refractivity contribution in [1.29, 1.82) is 0 Å². The van der Waals surface area contributed by atoms with E-state index in [0.717, 1.165) is 38.5 Å². The summed E-state index contributed by atoms with van der Waals surface area (Å²) in [7, 11) is 0. The standard InChI is InChI=1S/C41H66O13/c1-36(2)25-9-12-40(6)26(38(25,4)11-10-27(36)53-33-31(48)28(45)23(44)19-51-33)8-7-21-22-17-37(3,20-43)13-15-41(22,16-14-39(21,40)5)35(50)54-34-32(49)30(47)29(46)24(18-42)52-34/h7,22-34,42-49H,8-20H2,1-6H3/t22-,23-,24+,25?,26?,27?,28-,29+,30-,31+,32+,33-,34-,37+,38-,39+,40+,41-/m0/s1. The zero-order valence-corrected chi connectivity index (χ0v) is 32.9. The van der Waals surface area contributed by atoms with Crippen LogP contribution in [0.2, 0.25) is 0 Å². The van der Waals surface area contributed by atoms with Crippen LogP contribution in [0.1, 0.15) is 106 Å². The van der Waals surface area contributed by atoms with Crippen LogP contribution in [-0.4, -0.2) is 128 Å². The van der Waals surface area contributed by atoms with Gasteiger partial charge in [-0.05, 0) is 109 Å². The van der Waals surface area contributed by atoms with E-state index < -0.39 is 78.7 Å². The van der Waals surface area contributed by atoms with Crippen molar-refractivity contribution in [2.24, 2.45) is 50.2 Å². The van der Waals surface area contributed by atoms with Gasteiger partial charge in [0, 0.05) is 6.61 Å². The third kappa shape index (κ3) is 5.92. The summed E-state index contributed by atoms with van der Waals surface area (Å²) in [5.74, 6) is -0.0936. The second kappa shape index (κ2) is 14.0. The second-order valence-corrected chi connectivity index (χ2v) is 20.0. The van der Waals surface area contributed by atoms with Gasteiger partial charge in [0.25, 0.3) is 0 Å². The Balaban J connectivity index is 1.17. The fraction of sp³-hybridized carbons (Fsp3) is 0.927. The van der Waals surface area contributed by atoms with Gasteiger partial charge in [-0.25, -0.2) is 0 Å². The molecule has 18 atom stereocenters. The van der Waals surface area contributed by atoms with Crippen LogP contribution in [0.4, 0.5) is 0 Å². The monoisotopic (exact) mass is 766 g/mol. The van der Waals surface area contributed by atoms with E-state index in [4.69, 9.17) is 18.9 Å². The first-order chi connectivity index (χ1) is 25.2. The van der Waals surface area contributed by atoms with Gasteiger partial charge in [0.1, 0.15) is 42.7 Å². The average Bonchev–Trinajstić information content (AvgIpc) is 3.13. The molecule has 0 bridgehead atoms. The summed E-state index contributed by atoms with van der Waals surface area (Å²) in [6.45, 7) is 13.1. The van der Waals surface area contributed by atoms with E-state index in [-0.39, 0.29) is 46.9 Å². The van der Waals surface area contributed by atoms with Crippen LogP contribution in [0.3, 0.4) is 0 Å². The highest BCUT2D eigenvalue weighted by Gasteiger charge is 2.70. The van der Waals surface area contributed by atoms with E-state index in [1.54, 1.807) is 0 Å². The number of hydrogen-bond donors (Lipinski definition) is 8. The van der Waals surface area contributed by atoms with Crippen LogP contribution in [0.25, 0.3) is 0 Å². The maximum Gasteiger partial charge on any atom is 0.315 e. The molecule has 0 spiro atoms. The van der Waals surface area contributed by atoms with Crippen molar-refractivity contribution < 1.29 is 64.6 Å². The molecule has 0 aromatic rings. The topological polar surface area (TPSA) is 216 Å². The van der Waals surface area contributed by atoms with Crippen molar-refractivity contribution in [3.05, 3.63) is 11.6 Å². The maximum absolute atomic E-state index is 14.6. The van der Waals surface area contributed by atoms with Crippen LogP contribution in [-0.2, 0) is 23.7 Å². The molecule has 7 rings (SSSR count). The van der Waals surface area contributed by atoms with Gasteiger partial charge in [-0.1, -0.05) is 53.2 Å². The molecule has 3 unspecified atom stereocenters. The predicted octanol–water partition coefficient (Wildman–Crippen LogP) is 1.93. The Kier molecular flexibility index (Phi) is 10.6. The van der Waals surface area contributed by atoms with Gasteiger partial charge < -0.3 is 59.8 Å². The molecule has 13 nitrogen and oxygen atoms in total. The van der Waals surface area contributed by atoms with E-state index in [1.165, 1.54) is 5.57 Å². The Bertz CT molecular complexity index is 1450. The molecule has 0 amide bonds. The van der Waals surface area contributed by atoms with Crippen LogP contribution in [0.15, 0.2) is 11.6 Å². The number of aliphatic hydroxyl groups is 8. The molecule has 54 heavy (non-hydrogen) atoms. The number of rotatable bonds is 6. The zero-order chi connectivity index (χ0) is 39.4. The van der Waals surface area contributed by atoms with Crippen LogP contribution in [0.5, 0.6) is 0 Å². The van der Waals surface area contributed by atoms with Gasteiger partial charge in [0.15, 0.2) is 6.29 Å². The highest BCUT2D eigenvalue weighted by Crippen LogP contribution is 2.76. The molecule has 13 heteroatoms. The van der Waals surface area contributed by atoms with Crippen molar-refractivity contribution in [1.82, 2.24) is 0 Å². The Morgan fingerprint density at radius 3 is 2.17 bits per heavy atom. The van der Waals surface area contributed by atoms with E-state index in [1.807, 2.05) is 0 Å². The molecule has 0 aromatic heterocycles. The van der Waals surface area contributed by atoms with Gasteiger partial charge in [0.2, 0.25) is 6.29 Å². The summed E-state index contributed by atoms with van der Waals surface area (Å²) in [5, 5.41) is 82.9. The van der Waals surface area contributed by atoms with Crippen molar-refractivity contribution in [2.45, 2.75) is 167 Å². The lowest BCUT2D eigenvalue weighted by Crippen LogP contribution is -2.66. The van der Waals surface area contributed by atoms with Gasteiger partial charge >= 0.3 is 5.97 Å². The lowest BCUT2D eigenvalue weighted by molar-refractivity contribution is -0.308. The van der Waals surface area contributed by atoms with Crippen molar-refractivity contribution in [3.63, 3.8) is 0 Å². The summed E-state index contributed by atoms with van der Waals surface area (Å²) >= 11 is 0. The molecule has 0 radical (unpaired) electrons. The summed E-state index contributed by atoms with van der Waals surface area (Å²) < 4.78 is 23.7. The minimum atomic E-state index is -1.68. The summed E-state index contributed by atoms with van der Waals surface area (Å²) in [5.41, 5.74) is -0.739. The first-order valence-electron chi connectivity index (χ1n) is 20.4. The quantitative estimate of drug-likeness (QED) is 0.110. The third-order valence-corrected chi connectivity index (χ3v) is 17.1. The third-order valence-electron chi connectivity index (χ3n) is 17.1. The van der Waals surface area contributed by atoms with E-state index in [0.29, 0.717) is 37.5 Å². The molecular weight excluding hydrogens is 700 g/mol. The van der Waals surface area contributed by atoms with Gasteiger partial charge in [-0.2, -0.15) is 0 Å². The fourth-order valence-corrected chi connectivity index (χ4v) is 13.3. The Morgan fingerprint density at radius 1 is 0.796 bits per heavy atom. The molecule has 4 saturated carbocycles. The van der Waals surface area contributed by atoms with Crippen LogP contribution >= 0.6 is 0 Å². The van der Waals surface area contributed by atoms with Crippen molar-refractivity contribution in [2.75, 3.05) is 19.8 Å². The van der Waals surface area contributed by atoms with Crippen LogP contribution < -0.4 is 0 Å². The molecule has 308 valence electrons. The Hall–Kier alpha value is -1.23. The molecule has 5 aliphatic carbocycles. The van der Waals surface area contributed by atoms with Gasteiger partial charge in [-0.3, -0.25) is 4.79 Å². The number of carbonyl (C=O) groups is 1. The number of allylic oxidation sites excluding steroid dienone is 2.